The van der Waals surface area contributed by atoms with Gasteiger partial charge in [-0.05, 0) is 54.2 Å². The highest BCUT2D eigenvalue weighted by atomic mass is 16.5. The number of rotatable bonds is 9. The highest BCUT2D eigenvalue weighted by molar-refractivity contribution is 5.99. The Bertz CT molecular complexity index is 1110. The second kappa shape index (κ2) is 14.0. The van der Waals surface area contributed by atoms with Crippen LogP contribution in [0.15, 0.2) is 54.6 Å². The number of nitrogens with zero attached hydrogens (tertiary/aromatic N) is 1. The third-order valence-electron chi connectivity index (χ3n) is 7.08. The molecule has 2 aromatic carbocycles. The van der Waals surface area contributed by atoms with E-state index in [2.05, 4.69) is 28.9 Å². The van der Waals surface area contributed by atoms with Crippen molar-refractivity contribution in [3.8, 4) is 11.8 Å². The lowest BCUT2D eigenvalue weighted by Gasteiger charge is -2.28. The van der Waals surface area contributed by atoms with Crippen molar-refractivity contribution in [3.05, 3.63) is 76.9 Å². The number of carbonyl (C=O) groups excluding carboxylic acids is 2. The first-order valence-corrected chi connectivity index (χ1v) is 13.0. The molecule has 1 atom stereocenters. The number of aliphatic hydroxyl groups is 1. The largest absolute Gasteiger partial charge is 0.389 e. The van der Waals surface area contributed by atoms with E-state index in [0.29, 0.717) is 18.8 Å². The molecule has 6 heteroatoms. The van der Waals surface area contributed by atoms with E-state index in [1.54, 1.807) is 18.2 Å². The monoisotopic (exact) mass is 501 g/mol. The molecular weight excluding hydrogens is 466 g/mol. The number of ether oxygens (including phenoxy) is 2. The maximum absolute atomic E-state index is 12.9. The molecule has 0 bridgehead atoms. The van der Waals surface area contributed by atoms with Crippen molar-refractivity contribution in [2.45, 2.75) is 25.8 Å². The summed E-state index contributed by atoms with van der Waals surface area (Å²) in [5.74, 6) is 5.52. The van der Waals surface area contributed by atoms with Gasteiger partial charge >= 0.3 is 0 Å². The number of allylic oxidation sites excluding steroid dienone is 1. The number of hydrogen-bond acceptors (Lipinski definition) is 6. The zero-order valence-electron chi connectivity index (χ0n) is 21.2. The first kappa shape index (κ1) is 27.0. The molecule has 37 heavy (non-hydrogen) atoms. The van der Waals surface area contributed by atoms with Crippen LogP contribution in [0.4, 0.5) is 0 Å². The van der Waals surface area contributed by atoms with Crippen molar-refractivity contribution in [2.24, 2.45) is 11.8 Å². The Kier molecular flexibility index (Phi) is 10.2. The summed E-state index contributed by atoms with van der Waals surface area (Å²) in [6.45, 7) is 5.15. The molecular formula is C31H35NO5. The Balaban J connectivity index is 1.29. The van der Waals surface area contributed by atoms with Gasteiger partial charge in [-0.15, -0.1) is 0 Å². The fraction of sp³-hybridized carbons (Fsp3) is 0.419. The number of benzene rings is 2. The van der Waals surface area contributed by atoms with Crippen molar-refractivity contribution in [1.29, 1.82) is 0 Å². The van der Waals surface area contributed by atoms with Gasteiger partial charge in [0.1, 0.15) is 6.61 Å². The Hall–Kier alpha value is -3.08. The van der Waals surface area contributed by atoms with E-state index >= 15 is 0 Å². The molecule has 2 heterocycles. The summed E-state index contributed by atoms with van der Waals surface area (Å²) >= 11 is 0. The zero-order valence-corrected chi connectivity index (χ0v) is 21.2. The van der Waals surface area contributed by atoms with Crippen molar-refractivity contribution in [2.75, 3.05) is 46.1 Å². The van der Waals surface area contributed by atoms with Gasteiger partial charge in [0.15, 0.2) is 11.6 Å². The predicted octanol–water partition coefficient (Wildman–Crippen LogP) is 3.76. The molecule has 194 valence electrons. The average Bonchev–Trinajstić information content (AvgIpc) is 2.95. The smallest absolute Gasteiger partial charge is 0.163 e. The molecule has 1 N–H and O–H groups in total. The van der Waals surface area contributed by atoms with Crippen LogP contribution in [0.25, 0.3) is 6.08 Å². The highest BCUT2D eigenvalue weighted by Crippen LogP contribution is 2.28. The standard InChI is InChI=1S/C31H35NO5/c33-23-31(35)29(27-13-17-36-18-14-27)21-30(34)28-11-9-25(10-12-28)4-2-1-3-24-5-7-26(8-6-24)22-32-15-19-37-20-16-32/h2,4-12,27,29,33H,13-23H2/b4-2+/t29-/m0/s1. The molecule has 0 aromatic heterocycles. The predicted molar refractivity (Wildman–Crippen MR) is 143 cm³/mol. The van der Waals surface area contributed by atoms with Gasteiger partial charge in [-0.25, -0.2) is 0 Å². The minimum absolute atomic E-state index is 0.0781. The topological polar surface area (TPSA) is 76.1 Å². The number of hydrogen-bond donors (Lipinski definition) is 1. The SMILES string of the molecule is O=C(C[C@H](C(=O)CO)C1CCOCC1)c1ccc(/C=C/C#Cc2ccc(CN3CCOCC3)cc2)cc1. The van der Waals surface area contributed by atoms with E-state index in [0.717, 1.165) is 56.8 Å². The number of Topliss-reactive ketones (excluding diaryl/α,β-unsaturated/α-hetero) is 2. The lowest BCUT2D eigenvalue weighted by Crippen LogP contribution is -2.35. The van der Waals surface area contributed by atoms with Gasteiger partial charge in [0.05, 0.1) is 13.2 Å². The van der Waals surface area contributed by atoms with E-state index in [4.69, 9.17) is 9.47 Å². The summed E-state index contributed by atoms with van der Waals surface area (Å²) in [6.07, 6.45) is 5.32. The minimum atomic E-state index is -0.529. The summed E-state index contributed by atoms with van der Waals surface area (Å²) in [4.78, 5) is 27.6. The lowest BCUT2D eigenvalue weighted by atomic mass is 9.79. The lowest BCUT2D eigenvalue weighted by molar-refractivity contribution is -0.128. The van der Waals surface area contributed by atoms with Gasteiger partial charge in [-0.2, -0.15) is 0 Å². The second-order valence-corrected chi connectivity index (χ2v) is 9.62. The van der Waals surface area contributed by atoms with Crippen LogP contribution in [0.5, 0.6) is 0 Å². The molecule has 4 rings (SSSR count). The molecule has 2 aliphatic rings. The fourth-order valence-corrected chi connectivity index (χ4v) is 4.85. The van der Waals surface area contributed by atoms with Crippen LogP contribution < -0.4 is 0 Å². The number of ketones is 2. The highest BCUT2D eigenvalue weighted by Gasteiger charge is 2.31. The zero-order chi connectivity index (χ0) is 25.9. The fourth-order valence-electron chi connectivity index (χ4n) is 4.85. The molecule has 2 fully saturated rings. The molecule has 2 aliphatic heterocycles. The van der Waals surface area contributed by atoms with Crippen LogP contribution in [-0.2, 0) is 20.8 Å². The van der Waals surface area contributed by atoms with Crippen molar-refractivity contribution < 1.29 is 24.2 Å². The van der Waals surface area contributed by atoms with Crippen molar-refractivity contribution in [1.82, 2.24) is 4.90 Å². The summed E-state index contributed by atoms with van der Waals surface area (Å²) in [5, 5.41) is 9.39. The van der Waals surface area contributed by atoms with Crippen LogP contribution in [0.2, 0.25) is 0 Å². The average molecular weight is 502 g/mol. The third-order valence-corrected chi connectivity index (χ3v) is 7.08. The molecule has 2 aromatic rings. The van der Waals surface area contributed by atoms with Crippen molar-refractivity contribution in [3.63, 3.8) is 0 Å². The van der Waals surface area contributed by atoms with Crippen LogP contribution >= 0.6 is 0 Å². The Morgan fingerprint density at radius 2 is 1.65 bits per heavy atom. The minimum Gasteiger partial charge on any atom is -0.389 e. The number of aliphatic hydroxyl groups excluding tert-OH is 1. The Morgan fingerprint density at radius 1 is 0.973 bits per heavy atom. The molecule has 0 spiro atoms. The van der Waals surface area contributed by atoms with Gasteiger partial charge in [-0.1, -0.05) is 48.2 Å². The van der Waals surface area contributed by atoms with Crippen LogP contribution in [0.1, 0.15) is 46.3 Å². The molecule has 0 saturated carbocycles. The number of morpholine rings is 1. The molecule has 2 saturated heterocycles. The quantitative estimate of drug-likeness (QED) is 0.417. The third kappa shape index (κ3) is 8.21. The van der Waals surface area contributed by atoms with E-state index in [1.165, 1.54) is 5.56 Å². The maximum Gasteiger partial charge on any atom is 0.163 e. The van der Waals surface area contributed by atoms with Gasteiger partial charge in [0, 0.05) is 56.3 Å². The molecule has 0 unspecified atom stereocenters. The Morgan fingerprint density at radius 3 is 2.32 bits per heavy atom. The Labute approximate surface area is 219 Å². The van der Waals surface area contributed by atoms with Crippen LogP contribution in [-0.4, -0.2) is 67.7 Å². The summed E-state index contributed by atoms with van der Waals surface area (Å²) in [5.41, 5.74) is 3.76. The van der Waals surface area contributed by atoms with Gasteiger partial charge in [0.2, 0.25) is 0 Å². The van der Waals surface area contributed by atoms with E-state index < -0.39 is 12.5 Å². The molecule has 0 aliphatic carbocycles. The molecule has 0 radical (unpaired) electrons. The summed E-state index contributed by atoms with van der Waals surface area (Å²) in [6, 6.07) is 15.7. The first-order chi connectivity index (χ1) is 18.1. The van der Waals surface area contributed by atoms with Gasteiger partial charge < -0.3 is 14.6 Å². The van der Waals surface area contributed by atoms with E-state index in [1.807, 2.05) is 30.3 Å². The summed E-state index contributed by atoms with van der Waals surface area (Å²) < 4.78 is 10.8. The normalized spacial score (nSPS) is 17.8. The molecule has 0 amide bonds. The van der Waals surface area contributed by atoms with Gasteiger partial charge in [0.25, 0.3) is 0 Å². The van der Waals surface area contributed by atoms with Gasteiger partial charge in [-0.3, -0.25) is 14.5 Å². The maximum atomic E-state index is 12.9. The summed E-state index contributed by atoms with van der Waals surface area (Å²) in [7, 11) is 0. The second-order valence-electron chi connectivity index (χ2n) is 9.62. The number of carbonyl (C=O) groups is 2. The van der Waals surface area contributed by atoms with Crippen LogP contribution in [0, 0.1) is 23.7 Å². The first-order valence-electron chi connectivity index (χ1n) is 13.0. The van der Waals surface area contributed by atoms with E-state index in [9.17, 15) is 14.7 Å². The van der Waals surface area contributed by atoms with Crippen LogP contribution in [0.3, 0.4) is 0 Å². The van der Waals surface area contributed by atoms with Crippen molar-refractivity contribution >= 4 is 17.6 Å². The van der Waals surface area contributed by atoms with E-state index in [-0.39, 0.29) is 23.9 Å². The molecule has 6 nitrogen and oxygen atoms in total.